The minimum absolute atomic E-state index is 0.0971. The maximum atomic E-state index is 9.49. The van der Waals surface area contributed by atoms with E-state index in [-0.39, 0.29) is 6.61 Å². The number of aliphatic hydroxyl groups excluding tert-OH is 1. The van der Waals surface area contributed by atoms with Crippen molar-refractivity contribution in [3.63, 3.8) is 0 Å². The molecule has 2 aromatic heterocycles. The number of aromatic nitrogens is 4. The number of para-hydroxylation sites is 4. The Morgan fingerprint density at radius 1 is 0.840 bits per heavy atom. The minimum Gasteiger partial charge on any atom is -0.395 e. The van der Waals surface area contributed by atoms with E-state index in [0.29, 0.717) is 13.1 Å². The average Bonchev–Trinajstić information content (AvgIpc) is 3.15. The summed E-state index contributed by atoms with van der Waals surface area (Å²) >= 11 is 0. The van der Waals surface area contributed by atoms with E-state index >= 15 is 0 Å². The highest BCUT2D eigenvalue weighted by molar-refractivity contribution is 5.77. The fourth-order valence-electron chi connectivity index (χ4n) is 3.45. The Morgan fingerprint density at radius 2 is 1.44 bits per heavy atom. The van der Waals surface area contributed by atoms with E-state index in [9.17, 15) is 5.11 Å². The first kappa shape index (κ1) is 15.8. The first-order valence-electron chi connectivity index (χ1n) is 8.81. The number of benzene rings is 2. The van der Waals surface area contributed by atoms with Gasteiger partial charge in [0.15, 0.2) is 0 Å². The SMILES string of the molecule is CCCc1nc2ccccc2n1Cc1nc2ccccc2n1CCO. The molecule has 0 aliphatic rings. The van der Waals surface area contributed by atoms with Crippen LogP contribution in [0.25, 0.3) is 22.1 Å². The third-order valence-corrected chi connectivity index (χ3v) is 4.56. The normalized spacial score (nSPS) is 11.6. The van der Waals surface area contributed by atoms with Crippen molar-refractivity contribution in [2.75, 3.05) is 6.61 Å². The molecule has 4 aromatic rings. The van der Waals surface area contributed by atoms with Crippen molar-refractivity contribution in [3.05, 3.63) is 60.2 Å². The molecule has 128 valence electrons. The Balaban J connectivity index is 1.85. The lowest BCUT2D eigenvalue weighted by Gasteiger charge is -2.11. The predicted octanol–water partition coefficient (Wildman–Crippen LogP) is 3.38. The van der Waals surface area contributed by atoms with E-state index in [1.165, 1.54) is 0 Å². The Bertz CT molecular complexity index is 1020. The Labute approximate surface area is 146 Å². The number of imidazole rings is 2. The maximum absolute atomic E-state index is 9.49. The summed E-state index contributed by atoms with van der Waals surface area (Å²) in [5.74, 6) is 2.04. The number of fused-ring (bicyclic) bond motifs is 2. The summed E-state index contributed by atoms with van der Waals surface area (Å²) in [7, 11) is 0. The highest BCUT2D eigenvalue weighted by Crippen LogP contribution is 2.21. The zero-order valence-electron chi connectivity index (χ0n) is 14.4. The number of aryl methyl sites for hydroxylation is 1. The maximum Gasteiger partial charge on any atom is 0.130 e. The molecular formula is C20H22N4O. The van der Waals surface area contributed by atoms with Gasteiger partial charge in [-0.3, -0.25) is 0 Å². The quantitative estimate of drug-likeness (QED) is 0.588. The van der Waals surface area contributed by atoms with Gasteiger partial charge < -0.3 is 14.2 Å². The van der Waals surface area contributed by atoms with Crippen LogP contribution in [0.2, 0.25) is 0 Å². The van der Waals surface area contributed by atoms with E-state index in [1.807, 2.05) is 30.3 Å². The Hall–Kier alpha value is -2.66. The van der Waals surface area contributed by atoms with Gasteiger partial charge >= 0.3 is 0 Å². The first-order chi connectivity index (χ1) is 12.3. The monoisotopic (exact) mass is 334 g/mol. The zero-order valence-corrected chi connectivity index (χ0v) is 14.4. The van der Waals surface area contributed by atoms with Crippen molar-refractivity contribution in [3.8, 4) is 0 Å². The molecule has 0 fully saturated rings. The lowest BCUT2D eigenvalue weighted by Crippen LogP contribution is -2.13. The van der Waals surface area contributed by atoms with Crippen LogP contribution >= 0.6 is 0 Å². The second-order valence-electron chi connectivity index (χ2n) is 6.24. The van der Waals surface area contributed by atoms with Gasteiger partial charge in [-0.25, -0.2) is 9.97 Å². The molecule has 0 aliphatic heterocycles. The van der Waals surface area contributed by atoms with E-state index in [2.05, 4.69) is 34.3 Å². The molecule has 0 amide bonds. The van der Waals surface area contributed by atoms with E-state index in [0.717, 1.165) is 46.6 Å². The van der Waals surface area contributed by atoms with Crippen LogP contribution in [0.4, 0.5) is 0 Å². The van der Waals surface area contributed by atoms with Crippen LogP contribution in [0.5, 0.6) is 0 Å². The van der Waals surface area contributed by atoms with Crippen molar-refractivity contribution in [2.24, 2.45) is 0 Å². The topological polar surface area (TPSA) is 55.9 Å². The molecule has 2 heterocycles. The van der Waals surface area contributed by atoms with Crippen LogP contribution in [0.1, 0.15) is 25.0 Å². The molecule has 2 aromatic carbocycles. The molecule has 0 spiro atoms. The number of hydrogen-bond acceptors (Lipinski definition) is 3. The highest BCUT2D eigenvalue weighted by Gasteiger charge is 2.15. The number of rotatable bonds is 6. The molecule has 5 heteroatoms. The third-order valence-electron chi connectivity index (χ3n) is 4.56. The van der Waals surface area contributed by atoms with Crippen LogP contribution in [-0.4, -0.2) is 30.8 Å². The molecule has 0 atom stereocenters. The van der Waals surface area contributed by atoms with Crippen molar-refractivity contribution in [1.29, 1.82) is 0 Å². The predicted molar refractivity (Wildman–Crippen MR) is 99.6 cm³/mol. The van der Waals surface area contributed by atoms with Crippen LogP contribution in [-0.2, 0) is 19.5 Å². The Morgan fingerprint density at radius 3 is 2.08 bits per heavy atom. The minimum atomic E-state index is 0.0971. The molecule has 25 heavy (non-hydrogen) atoms. The van der Waals surface area contributed by atoms with Gasteiger partial charge in [0.25, 0.3) is 0 Å². The van der Waals surface area contributed by atoms with Crippen molar-refractivity contribution < 1.29 is 5.11 Å². The average molecular weight is 334 g/mol. The van der Waals surface area contributed by atoms with E-state index in [1.54, 1.807) is 0 Å². The molecule has 4 rings (SSSR count). The standard InChI is InChI=1S/C20H22N4O/c1-2-7-19-21-16-9-4-6-11-18(16)24(19)14-20-22-15-8-3-5-10-17(15)23(20)12-13-25/h3-6,8-11,25H,2,7,12-14H2,1H3. The van der Waals surface area contributed by atoms with E-state index < -0.39 is 0 Å². The summed E-state index contributed by atoms with van der Waals surface area (Å²) in [5, 5.41) is 9.49. The summed E-state index contributed by atoms with van der Waals surface area (Å²) in [6, 6.07) is 16.3. The van der Waals surface area contributed by atoms with Gasteiger partial charge in [0.1, 0.15) is 11.6 Å². The molecule has 0 saturated carbocycles. The number of nitrogens with zero attached hydrogens (tertiary/aromatic N) is 4. The molecular weight excluding hydrogens is 312 g/mol. The molecule has 0 bridgehead atoms. The van der Waals surface area contributed by atoms with Crippen molar-refractivity contribution in [2.45, 2.75) is 32.9 Å². The molecule has 5 nitrogen and oxygen atoms in total. The Kier molecular flexibility index (Phi) is 4.24. The van der Waals surface area contributed by atoms with Crippen LogP contribution in [0.3, 0.4) is 0 Å². The van der Waals surface area contributed by atoms with Crippen LogP contribution < -0.4 is 0 Å². The summed E-state index contributed by atoms with van der Waals surface area (Å²) < 4.78 is 4.37. The van der Waals surface area contributed by atoms with E-state index in [4.69, 9.17) is 9.97 Å². The van der Waals surface area contributed by atoms with Gasteiger partial charge in [0, 0.05) is 13.0 Å². The summed E-state index contributed by atoms with van der Waals surface area (Å²) in [5.41, 5.74) is 4.18. The van der Waals surface area contributed by atoms with Gasteiger partial charge in [-0.15, -0.1) is 0 Å². The molecule has 1 N–H and O–H groups in total. The number of aliphatic hydroxyl groups is 1. The van der Waals surface area contributed by atoms with Crippen molar-refractivity contribution in [1.82, 2.24) is 19.1 Å². The number of hydrogen-bond donors (Lipinski definition) is 1. The van der Waals surface area contributed by atoms with Gasteiger partial charge in [-0.1, -0.05) is 31.2 Å². The summed E-state index contributed by atoms with van der Waals surface area (Å²) in [6.07, 6.45) is 1.99. The largest absolute Gasteiger partial charge is 0.395 e. The second-order valence-corrected chi connectivity index (χ2v) is 6.24. The van der Waals surface area contributed by atoms with Gasteiger partial charge in [0.2, 0.25) is 0 Å². The van der Waals surface area contributed by atoms with Crippen LogP contribution in [0, 0.1) is 0 Å². The lowest BCUT2D eigenvalue weighted by molar-refractivity contribution is 0.275. The van der Waals surface area contributed by atoms with Gasteiger partial charge in [0.05, 0.1) is 35.2 Å². The zero-order chi connectivity index (χ0) is 17.2. The summed E-state index contributed by atoms with van der Waals surface area (Å²) in [6.45, 7) is 3.47. The third kappa shape index (κ3) is 2.81. The van der Waals surface area contributed by atoms with Gasteiger partial charge in [-0.05, 0) is 30.7 Å². The highest BCUT2D eigenvalue weighted by atomic mass is 16.3. The smallest absolute Gasteiger partial charge is 0.130 e. The second kappa shape index (κ2) is 6.69. The fraction of sp³-hybridized carbons (Fsp3) is 0.300. The molecule has 0 aliphatic carbocycles. The fourth-order valence-corrected chi connectivity index (χ4v) is 3.45. The lowest BCUT2D eigenvalue weighted by atomic mass is 10.3. The molecule has 0 unspecified atom stereocenters. The molecule has 0 saturated heterocycles. The van der Waals surface area contributed by atoms with Crippen molar-refractivity contribution >= 4 is 22.1 Å². The van der Waals surface area contributed by atoms with Gasteiger partial charge in [-0.2, -0.15) is 0 Å². The first-order valence-corrected chi connectivity index (χ1v) is 8.81. The molecule has 0 radical (unpaired) electrons. The van der Waals surface area contributed by atoms with Crippen LogP contribution in [0.15, 0.2) is 48.5 Å². The summed E-state index contributed by atoms with van der Waals surface area (Å²) in [4.78, 5) is 9.62.